The summed E-state index contributed by atoms with van der Waals surface area (Å²) in [6.45, 7) is 7.31. The molecule has 7 rings (SSSR count). The Morgan fingerprint density at radius 1 is 0.942 bits per heavy atom. The Bertz CT molecular complexity index is 1650. The summed E-state index contributed by atoms with van der Waals surface area (Å²) in [7, 11) is 0. The number of nitrogens with zero attached hydrogens (tertiary/aromatic N) is 5. The van der Waals surface area contributed by atoms with Crippen molar-refractivity contribution in [2.24, 2.45) is 0 Å². The number of carbonyl (C=O) groups is 4. The van der Waals surface area contributed by atoms with E-state index in [9.17, 15) is 24.3 Å². The molecular weight excluding hydrogens is 800 g/mol. The fraction of sp³-hybridized carbons (Fsp3) is 0.568. The third-order valence-corrected chi connectivity index (χ3v) is 12.5. The molecule has 0 spiro atoms. The van der Waals surface area contributed by atoms with Crippen LogP contribution in [0.1, 0.15) is 43.7 Å². The van der Waals surface area contributed by atoms with E-state index in [4.69, 9.17) is 9.47 Å². The average molecular weight is 847 g/mol. The van der Waals surface area contributed by atoms with Gasteiger partial charge in [0.15, 0.2) is 6.10 Å². The second-order valence-corrected chi connectivity index (χ2v) is 16.1. The van der Waals surface area contributed by atoms with Gasteiger partial charge in [-0.3, -0.25) is 19.4 Å². The van der Waals surface area contributed by atoms with Crippen LogP contribution in [0.2, 0.25) is 0 Å². The van der Waals surface area contributed by atoms with E-state index in [2.05, 4.69) is 47.0 Å². The number of hydrogen-bond donors (Lipinski definition) is 2. The average Bonchev–Trinajstić information content (AvgIpc) is 3.69. The monoisotopic (exact) mass is 844 g/mol. The summed E-state index contributed by atoms with van der Waals surface area (Å²) in [6.07, 6.45) is 2.33. The highest BCUT2D eigenvalue weighted by molar-refractivity contribution is 9.11. The molecule has 1 saturated carbocycles. The molecule has 0 bridgehead atoms. The zero-order chi connectivity index (χ0) is 36.5. The molecule has 3 saturated heterocycles. The van der Waals surface area contributed by atoms with E-state index in [0.717, 1.165) is 62.3 Å². The number of para-hydroxylation sites is 1. The summed E-state index contributed by atoms with van der Waals surface area (Å²) in [5.74, 6) is -0.328. The van der Waals surface area contributed by atoms with Crippen LogP contribution in [-0.4, -0.2) is 143 Å². The quantitative estimate of drug-likeness (QED) is 0.278. The number of amides is 4. The number of esters is 1. The third-order valence-electron chi connectivity index (χ3n) is 11.3. The van der Waals surface area contributed by atoms with E-state index in [1.807, 2.05) is 41.0 Å². The number of phenols is 1. The van der Waals surface area contributed by atoms with E-state index < -0.39 is 12.2 Å². The van der Waals surface area contributed by atoms with Gasteiger partial charge in [0.05, 0.1) is 34.2 Å². The van der Waals surface area contributed by atoms with Crippen molar-refractivity contribution in [3.05, 3.63) is 56.5 Å². The van der Waals surface area contributed by atoms with Gasteiger partial charge < -0.3 is 34.6 Å². The van der Waals surface area contributed by atoms with Gasteiger partial charge in [-0.25, -0.2) is 9.59 Å². The summed E-state index contributed by atoms with van der Waals surface area (Å²) in [5.41, 5.74) is 2.69. The van der Waals surface area contributed by atoms with Crippen molar-refractivity contribution in [2.45, 2.75) is 75.7 Å². The highest BCUT2D eigenvalue weighted by Gasteiger charge is 2.59. The molecule has 4 fully saturated rings. The Kier molecular flexibility index (Phi) is 11.3. The van der Waals surface area contributed by atoms with Crippen LogP contribution in [0.3, 0.4) is 0 Å². The second kappa shape index (κ2) is 15.9. The number of hydrogen-bond acceptors (Lipinski definition) is 9. The number of likely N-dealkylation sites (tertiary alicyclic amines) is 2. The van der Waals surface area contributed by atoms with E-state index in [1.165, 1.54) is 0 Å². The third kappa shape index (κ3) is 8.07. The number of carbonyl (C=O) groups excluding carboxylic acids is 4. The van der Waals surface area contributed by atoms with E-state index in [-0.39, 0.29) is 48.2 Å². The van der Waals surface area contributed by atoms with Gasteiger partial charge in [-0.15, -0.1) is 0 Å². The largest absolute Gasteiger partial charge is 0.506 e. The Morgan fingerprint density at radius 2 is 1.62 bits per heavy atom. The molecule has 2 aromatic rings. The SMILES string of the molecule is CCOC(=O)CN1CCN(C2CC3C(C2)N3C(=O)[C@@H](Cc2cc(Br)c(O)c(Br)c2)OC(=O)N2CCC(N3CCc4ccccc4NC3=O)CC2)CC1. The van der Waals surface area contributed by atoms with Gasteiger partial charge in [0.1, 0.15) is 5.75 Å². The topological polar surface area (TPSA) is 135 Å². The number of phenolic OH excluding ortho intramolecular Hbond substituents is 1. The van der Waals surface area contributed by atoms with Crippen LogP contribution in [0, 0.1) is 0 Å². The van der Waals surface area contributed by atoms with E-state index in [0.29, 0.717) is 60.6 Å². The molecule has 4 aliphatic heterocycles. The summed E-state index contributed by atoms with van der Waals surface area (Å²) in [4.78, 5) is 62.8. The number of piperazine rings is 1. The molecule has 280 valence electrons. The minimum absolute atomic E-state index is 0.00655. The molecule has 2 N–H and O–H groups in total. The van der Waals surface area contributed by atoms with Crippen LogP contribution >= 0.6 is 31.9 Å². The summed E-state index contributed by atoms with van der Waals surface area (Å²) in [5, 5.41) is 13.3. The molecule has 15 heteroatoms. The Hall–Kier alpha value is -3.40. The van der Waals surface area contributed by atoms with Crippen molar-refractivity contribution in [1.29, 1.82) is 0 Å². The summed E-state index contributed by atoms with van der Waals surface area (Å²) >= 11 is 6.77. The molecule has 4 heterocycles. The second-order valence-electron chi connectivity index (χ2n) is 14.4. The molecule has 2 aromatic carbocycles. The predicted octanol–water partition coefficient (Wildman–Crippen LogP) is 4.44. The zero-order valence-corrected chi connectivity index (χ0v) is 32.5. The first-order valence-corrected chi connectivity index (χ1v) is 19.9. The fourth-order valence-electron chi connectivity index (χ4n) is 8.42. The lowest BCUT2D eigenvalue weighted by Crippen LogP contribution is -2.52. The van der Waals surface area contributed by atoms with Crippen LogP contribution in [-0.2, 0) is 31.9 Å². The summed E-state index contributed by atoms with van der Waals surface area (Å²) < 4.78 is 12.1. The van der Waals surface area contributed by atoms with Crippen LogP contribution in [0.15, 0.2) is 45.3 Å². The van der Waals surface area contributed by atoms with Crippen LogP contribution < -0.4 is 5.32 Å². The van der Waals surface area contributed by atoms with Crippen molar-refractivity contribution in [3.8, 4) is 5.75 Å². The molecule has 5 aliphatic rings. The number of anilines is 1. The standard InChI is InChI=1S/C37H46Br2N6O7/c1-2-51-33(46)22-41-13-15-42(16-14-41)26-20-30-31(21-26)45(30)35(48)32(19-23-17-27(38)34(47)28(39)18-23)52-37(50)43-10-8-25(9-11-43)44-12-7-24-5-3-4-6-29(24)40-36(44)49/h3-6,17-18,25-26,30-32,47H,2,7-16,19-22H2,1H3,(H,40,49)/t26?,30?,31?,32-,45?/m1/s1. The minimum Gasteiger partial charge on any atom is -0.506 e. The Labute approximate surface area is 320 Å². The van der Waals surface area contributed by atoms with Gasteiger partial charge >= 0.3 is 18.1 Å². The molecule has 0 radical (unpaired) electrons. The first-order valence-electron chi connectivity index (χ1n) is 18.3. The van der Waals surface area contributed by atoms with Crippen molar-refractivity contribution < 1.29 is 33.8 Å². The first-order chi connectivity index (χ1) is 25.1. The number of ether oxygens (including phenoxy) is 2. The maximum atomic E-state index is 14.1. The van der Waals surface area contributed by atoms with Gasteiger partial charge in [0.25, 0.3) is 5.91 Å². The van der Waals surface area contributed by atoms with E-state index in [1.54, 1.807) is 17.0 Å². The number of benzene rings is 2. The van der Waals surface area contributed by atoms with Gasteiger partial charge in [-0.05, 0) is 100 Å². The highest BCUT2D eigenvalue weighted by Crippen LogP contribution is 2.45. The normalized spacial score (nSPS) is 24.4. The molecule has 4 amide bonds. The number of aromatic hydroxyl groups is 1. The van der Waals surface area contributed by atoms with E-state index >= 15 is 0 Å². The maximum Gasteiger partial charge on any atom is 0.410 e. The molecule has 0 aromatic heterocycles. The predicted molar refractivity (Wildman–Crippen MR) is 200 cm³/mol. The van der Waals surface area contributed by atoms with Crippen molar-refractivity contribution in [1.82, 2.24) is 24.5 Å². The number of nitrogens with one attached hydrogen (secondary N) is 1. The highest BCUT2D eigenvalue weighted by atomic mass is 79.9. The zero-order valence-electron chi connectivity index (χ0n) is 29.3. The lowest BCUT2D eigenvalue weighted by atomic mass is 10.0. The molecular formula is C37H46Br2N6O7. The molecule has 3 atom stereocenters. The number of piperidine rings is 2. The molecule has 13 nitrogen and oxygen atoms in total. The molecule has 2 unspecified atom stereocenters. The fourth-order valence-corrected chi connectivity index (χ4v) is 9.70. The lowest BCUT2D eigenvalue weighted by Gasteiger charge is -2.38. The Balaban J connectivity index is 0.952. The van der Waals surface area contributed by atoms with Gasteiger partial charge in [0, 0.05) is 70.0 Å². The smallest absolute Gasteiger partial charge is 0.410 e. The van der Waals surface area contributed by atoms with Crippen LogP contribution in [0.4, 0.5) is 15.3 Å². The van der Waals surface area contributed by atoms with Crippen molar-refractivity contribution >= 4 is 61.5 Å². The summed E-state index contributed by atoms with van der Waals surface area (Å²) in [6, 6.07) is 11.8. The number of rotatable bonds is 9. The minimum atomic E-state index is -1.03. The van der Waals surface area contributed by atoms with Gasteiger partial charge in [0.2, 0.25) is 0 Å². The number of fused-ring (bicyclic) bond motifs is 2. The van der Waals surface area contributed by atoms with Crippen LogP contribution in [0.5, 0.6) is 5.75 Å². The maximum absolute atomic E-state index is 14.1. The number of urea groups is 1. The Morgan fingerprint density at radius 3 is 2.29 bits per heavy atom. The first kappa shape index (κ1) is 36.9. The molecule has 1 aliphatic carbocycles. The van der Waals surface area contributed by atoms with Crippen molar-refractivity contribution in [3.63, 3.8) is 0 Å². The molecule has 52 heavy (non-hydrogen) atoms. The van der Waals surface area contributed by atoms with Crippen LogP contribution in [0.25, 0.3) is 0 Å². The van der Waals surface area contributed by atoms with Gasteiger partial charge in [-0.1, -0.05) is 18.2 Å². The number of halogens is 2. The lowest BCUT2D eigenvalue weighted by molar-refractivity contribution is -0.144. The van der Waals surface area contributed by atoms with Crippen molar-refractivity contribution in [2.75, 3.05) is 64.3 Å². The van der Waals surface area contributed by atoms with Gasteiger partial charge in [-0.2, -0.15) is 0 Å².